The van der Waals surface area contributed by atoms with Gasteiger partial charge < -0.3 is 10.4 Å². The van der Waals surface area contributed by atoms with Gasteiger partial charge in [-0.3, -0.25) is 4.79 Å². The molecule has 0 saturated carbocycles. The molecule has 2 aromatic carbocycles. The SMILES string of the molecule is N#Cc1cccc(CNCC(C(=O)O)c2ccccc2)c1. The fourth-order valence-corrected chi connectivity index (χ4v) is 2.14. The molecule has 4 nitrogen and oxygen atoms in total. The number of hydrogen-bond donors (Lipinski definition) is 2. The third-order valence-corrected chi connectivity index (χ3v) is 3.23. The molecule has 106 valence electrons. The Morgan fingerprint density at radius 2 is 1.95 bits per heavy atom. The van der Waals surface area contributed by atoms with Crippen LogP contribution in [0, 0.1) is 11.3 Å². The van der Waals surface area contributed by atoms with Crippen molar-refractivity contribution in [3.63, 3.8) is 0 Å². The van der Waals surface area contributed by atoms with Gasteiger partial charge in [0.15, 0.2) is 0 Å². The first-order chi connectivity index (χ1) is 10.2. The second kappa shape index (κ2) is 7.22. The lowest BCUT2D eigenvalue weighted by atomic mass is 9.99. The van der Waals surface area contributed by atoms with Crippen LogP contribution >= 0.6 is 0 Å². The van der Waals surface area contributed by atoms with Gasteiger partial charge in [-0.1, -0.05) is 42.5 Å². The van der Waals surface area contributed by atoms with E-state index in [1.807, 2.05) is 42.5 Å². The summed E-state index contributed by atoms with van der Waals surface area (Å²) in [4.78, 5) is 11.4. The first-order valence-corrected chi connectivity index (χ1v) is 6.68. The molecule has 2 aromatic rings. The maximum absolute atomic E-state index is 11.4. The van der Waals surface area contributed by atoms with E-state index >= 15 is 0 Å². The predicted molar refractivity (Wildman–Crippen MR) is 79.7 cm³/mol. The van der Waals surface area contributed by atoms with Gasteiger partial charge in [0, 0.05) is 13.1 Å². The second-order valence-electron chi connectivity index (χ2n) is 4.74. The van der Waals surface area contributed by atoms with Gasteiger partial charge >= 0.3 is 5.97 Å². The van der Waals surface area contributed by atoms with Crippen LogP contribution in [-0.2, 0) is 11.3 Å². The fraction of sp³-hybridized carbons (Fsp3) is 0.176. The predicted octanol–water partition coefficient (Wildman–Crippen LogP) is 2.52. The van der Waals surface area contributed by atoms with Crippen molar-refractivity contribution < 1.29 is 9.90 Å². The minimum absolute atomic E-state index is 0.343. The second-order valence-corrected chi connectivity index (χ2v) is 4.74. The van der Waals surface area contributed by atoms with Gasteiger partial charge in [-0.25, -0.2) is 0 Å². The van der Waals surface area contributed by atoms with Gasteiger partial charge in [0.25, 0.3) is 0 Å². The van der Waals surface area contributed by atoms with Gasteiger partial charge in [-0.05, 0) is 23.3 Å². The highest BCUT2D eigenvalue weighted by Crippen LogP contribution is 2.15. The lowest BCUT2D eigenvalue weighted by Crippen LogP contribution is -2.26. The van der Waals surface area contributed by atoms with Gasteiger partial charge in [0.2, 0.25) is 0 Å². The van der Waals surface area contributed by atoms with Crippen LogP contribution in [0.2, 0.25) is 0 Å². The molecule has 0 aliphatic heterocycles. The van der Waals surface area contributed by atoms with Crippen molar-refractivity contribution in [3.8, 4) is 6.07 Å². The maximum atomic E-state index is 11.4. The molecule has 0 fully saturated rings. The van der Waals surface area contributed by atoms with Crippen molar-refractivity contribution >= 4 is 5.97 Å². The smallest absolute Gasteiger partial charge is 0.312 e. The fourth-order valence-electron chi connectivity index (χ4n) is 2.14. The summed E-state index contributed by atoms with van der Waals surface area (Å²) in [5.74, 6) is -1.43. The molecular formula is C17H16N2O2. The van der Waals surface area contributed by atoms with E-state index in [1.165, 1.54) is 0 Å². The molecule has 0 saturated heterocycles. The number of carbonyl (C=O) groups is 1. The molecule has 0 heterocycles. The van der Waals surface area contributed by atoms with Crippen LogP contribution in [-0.4, -0.2) is 17.6 Å². The summed E-state index contributed by atoms with van der Waals surface area (Å²) in [6, 6.07) is 18.5. The van der Waals surface area contributed by atoms with Crippen molar-refractivity contribution in [1.82, 2.24) is 5.32 Å². The Kier molecular flexibility index (Phi) is 5.08. The number of benzene rings is 2. The number of carboxylic acids is 1. The number of carboxylic acid groups (broad SMARTS) is 1. The Morgan fingerprint density at radius 1 is 1.19 bits per heavy atom. The highest BCUT2D eigenvalue weighted by atomic mass is 16.4. The summed E-state index contributed by atoms with van der Waals surface area (Å²) in [5, 5.41) is 21.3. The largest absolute Gasteiger partial charge is 0.481 e. The molecule has 2 N–H and O–H groups in total. The van der Waals surface area contributed by atoms with Crippen molar-refractivity contribution in [3.05, 3.63) is 71.3 Å². The van der Waals surface area contributed by atoms with Crippen LogP contribution in [0.1, 0.15) is 22.6 Å². The first kappa shape index (κ1) is 14.8. The lowest BCUT2D eigenvalue weighted by molar-refractivity contribution is -0.138. The molecule has 1 atom stereocenters. The molecule has 0 spiro atoms. The zero-order chi connectivity index (χ0) is 15.1. The third-order valence-electron chi connectivity index (χ3n) is 3.23. The van der Waals surface area contributed by atoms with Gasteiger partial charge in [0.1, 0.15) is 0 Å². The molecule has 0 bridgehead atoms. The van der Waals surface area contributed by atoms with E-state index in [0.29, 0.717) is 18.7 Å². The highest BCUT2D eigenvalue weighted by Gasteiger charge is 2.18. The van der Waals surface area contributed by atoms with Crippen LogP contribution in [0.4, 0.5) is 0 Å². The molecule has 21 heavy (non-hydrogen) atoms. The summed E-state index contributed by atoms with van der Waals surface area (Å²) in [7, 11) is 0. The van der Waals surface area contributed by atoms with Crippen LogP contribution in [0.3, 0.4) is 0 Å². The van der Waals surface area contributed by atoms with Crippen molar-refractivity contribution in [1.29, 1.82) is 5.26 Å². The lowest BCUT2D eigenvalue weighted by Gasteiger charge is -2.14. The van der Waals surface area contributed by atoms with E-state index in [0.717, 1.165) is 11.1 Å². The van der Waals surface area contributed by atoms with Crippen LogP contribution in [0.5, 0.6) is 0 Å². The quantitative estimate of drug-likeness (QED) is 0.852. The Balaban J connectivity index is 1.97. The normalized spacial score (nSPS) is 11.6. The van der Waals surface area contributed by atoms with Crippen LogP contribution < -0.4 is 5.32 Å². The van der Waals surface area contributed by atoms with E-state index in [2.05, 4.69) is 11.4 Å². The Morgan fingerprint density at radius 3 is 2.62 bits per heavy atom. The zero-order valence-corrected chi connectivity index (χ0v) is 11.5. The Labute approximate surface area is 123 Å². The van der Waals surface area contributed by atoms with E-state index in [1.54, 1.807) is 12.1 Å². The van der Waals surface area contributed by atoms with E-state index in [-0.39, 0.29) is 0 Å². The topological polar surface area (TPSA) is 73.1 Å². The van der Waals surface area contributed by atoms with Crippen LogP contribution in [0.15, 0.2) is 54.6 Å². The number of nitrogens with zero attached hydrogens (tertiary/aromatic N) is 1. The molecule has 0 aliphatic carbocycles. The summed E-state index contributed by atoms with van der Waals surface area (Å²) < 4.78 is 0. The monoisotopic (exact) mass is 280 g/mol. The molecule has 1 unspecified atom stereocenters. The Hall–Kier alpha value is -2.64. The minimum atomic E-state index is -0.848. The molecule has 2 rings (SSSR count). The van der Waals surface area contributed by atoms with E-state index < -0.39 is 11.9 Å². The molecular weight excluding hydrogens is 264 g/mol. The van der Waals surface area contributed by atoms with Crippen LogP contribution in [0.25, 0.3) is 0 Å². The molecule has 0 radical (unpaired) electrons. The van der Waals surface area contributed by atoms with E-state index in [4.69, 9.17) is 5.26 Å². The van der Waals surface area contributed by atoms with Gasteiger partial charge in [0.05, 0.1) is 17.6 Å². The molecule has 0 amide bonds. The van der Waals surface area contributed by atoms with Gasteiger partial charge in [-0.15, -0.1) is 0 Å². The van der Waals surface area contributed by atoms with Crippen molar-refractivity contribution in [2.24, 2.45) is 0 Å². The number of rotatable bonds is 6. The summed E-state index contributed by atoms with van der Waals surface area (Å²) in [6.07, 6.45) is 0. The molecule has 0 aliphatic rings. The first-order valence-electron chi connectivity index (χ1n) is 6.68. The summed E-state index contributed by atoms with van der Waals surface area (Å²) in [5.41, 5.74) is 2.35. The minimum Gasteiger partial charge on any atom is -0.481 e. The molecule has 0 aromatic heterocycles. The van der Waals surface area contributed by atoms with Gasteiger partial charge in [-0.2, -0.15) is 5.26 Å². The average molecular weight is 280 g/mol. The zero-order valence-electron chi connectivity index (χ0n) is 11.5. The number of nitrogens with one attached hydrogen (secondary N) is 1. The number of nitriles is 1. The number of hydrogen-bond acceptors (Lipinski definition) is 3. The highest BCUT2D eigenvalue weighted by molar-refractivity contribution is 5.76. The van der Waals surface area contributed by atoms with E-state index in [9.17, 15) is 9.90 Å². The standard InChI is InChI=1S/C17H16N2O2/c18-10-13-5-4-6-14(9-13)11-19-12-16(17(20)21)15-7-2-1-3-8-15/h1-9,16,19H,11-12H2,(H,20,21). The summed E-state index contributed by atoms with van der Waals surface area (Å²) in [6.45, 7) is 0.877. The third kappa shape index (κ3) is 4.16. The number of aliphatic carboxylic acids is 1. The maximum Gasteiger partial charge on any atom is 0.312 e. The summed E-state index contributed by atoms with van der Waals surface area (Å²) >= 11 is 0. The Bertz CT molecular complexity index is 647. The van der Waals surface area contributed by atoms with Crippen molar-refractivity contribution in [2.45, 2.75) is 12.5 Å². The average Bonchev–Trinajstić information content (AvgIpc) is 2.52. The molecule has 4 heteroatoms. The van der Waals surface area contributed by atoms with Crippen molar-refractivity contribution in [2.75, 3.05) is 6.54 Å².